The molecule has 5 nitrogen and oxygen atoms in total. The van der Waals surface area contributed by atoms with Gasteiger partial charge in [0, 0.05) is 57.7 Å². The lowest BCUT2D eigenvalue weighted by Crippen LogP contribution is -2.42. The van der Waals surface area contributed by atoms with E-state index in [1.54, 1.807) is 9.58 Å². The molecule has 3 aromatic rings. The number of nitrogens with zero attached hydrogens (tertiary/aromatic N) is 3. The molecule has 144 valence electrons. The zero-order chi connectivity index (χ0) is 19.5. The molecule has 0 aliphatic carbocycles. The first-order valence-corrected chi connectivity index (χ1v) is 11.0. The van der Waals surface area contributed by atoms with E-state index in [9.17, 15) is 9.00 Å². The maximum Gasteiger partial charge on any atom is 0.227 e. The van der Waals surface area contributed by atoms with Crippen molar-refractivity contribution in [3.63, 3.8) is 0 Å². The summed E-state index contributed by atoms with van der Waals surface area (Å²) in [7, 11) is -0.804. The van der Waals surface area contributed by atoms with Crippen LogP contribution in [0.25, 0.3) is 16.9 Å². The Balaban J connectivity index is 1.66. The smallest absolute Gasteiger partial charge is 0.227 e. The number of rotatable bonds is 4. The van der Waals surface area contributed by atoms with Crippen LogP contribution in [0.3, 0.4) is 0 Å². The highest BCUT2D eigenvalue weighted by Crippen LogP contribution is 2.26. The quantitative estimate of drug-likeness (QED) is 0.659. The summed E-state index contributed by atoms with van der Waals surface area (Å²) in [5, 5.41) is 5.40. The van der Waals surface area contributed by atoms with E-state index in [1.807, 2.05) is 60.8 Å². The normalized spacial score (nSPS) is 15.0. The van der Waals surface area contributed by atoms with Crippen LogP contribution in [-0.2, 0) is 22.0 Å². The fourth-order valence-electron chi connectivity index (χ4n) is 3.26. The highest BCUT2D eigenvalue weighted by molar-refractivity contribution is 7.85. The summed E-state index contributed by atoms with van der Waals surface area (Å²) in [6, 6.07) is 17.3. The average molecular weight is 414 g/mol. The van der Waals surface area contributed by atoms with Crippen LogP contribution >= 0.6 is 11.6 Å². The van der Waals surface area contributed by atoms with Crippen LogP contribution in [0.5, 0.6) is 0 Å². The number of benzene rings is 2. The molecule has 0 N–H and O–H groups in total. The van der Waals surface area contributed by atoms with E-state index in [0.717, 1.165) is 22.5 Å². The van der Waals surface area contributed by atoms with E-state index < -0.39 is 10.8 Å². The molecule has 0 unspecified atom stereocenters. The van der Waals surface area contributed by atoms with Crippen molar-refractivity contribution in [1.29, 1.82) is 0 Å². The molecule has 2 aromatic carbocycles. The number of hydrogen-bond acceptors (Lipinski definition) is 3. The van der Waals surface area contributed by atoms with Gasteiger partial charge in [-0.05, 0) is 24.3 Å². The summed E-state index contributed by atoms with van der Waals surface area (Å²) >= 11 is 6.03. The van der Waals surface area contributed by atoms with Gasteiger partial charge in [0.2, 0.25) is 5.91 Å². The summed E-state index contributed by atoms with van der Waals surface area (Å²) in [4.78, 5) is 14.6. The van der Waals surface area contributed by atoms with Gasteiger partial charge in [0.15, 0.2) is 0 Å². The zero-order valence-electron chi connectivity index (χ0n) is 15.3. The van der Waals surface area contributed by atoms with Crippen LogP contribution in [0.4, 0.5) is 0 Å². The van der Waals surface area contributed by atoms with Gasteiger partial charge in [-0.25, -0.2) is 4.68 Å². The zero-order valence-corrected chi connectivity index (χ0v) is 16.8. The molecule has 28 heavy (non-hydrogen) atoms. The highest BCUT2D eigenvalue weighted by Gasteiger charge is 2.22. The number of carbonyl (C=O) groups is 1. The van der Waals surface area contributed by atoms with Gasteiger partial charge in [0.05, 0.1) is 17.8 Å². The molecule has 0 bridgehead atoms. The predicted octanol–water partition coefficient (Wildman–Crippen LogP) is 3.33. The van der Waals surface area contributed by atoms with Crippen molar-refractivity contribution in [2.24, 2.45) is 0 Å². The van der Waals surface area contributed by atoms with Crippen molar-refractivity contribution in [3.05, 3.63) is 71.4 Å². The lowest BCUT2D eigenvalue weighted by atomic mass is 10.1. The second kappa shape index (κ2) is 8.29. The third kappa shape index (κ3) is 4.18. The highest BCUT2D eigenvalue weighted by atomic mass is 35.5. The fourth-order valence-corrected chi connectivity index (χ4v) is 4.44. The van der Waals surface area contributed by atoms with Gasteiger partial charge >= 0.3 is 0 Å². The van der Waals surface area contributed by atoms with Crippen molar-refractivity contribution < 1.29 is 9.00 Å². The van der Waals surface area contributed by atoms with Gasteiger partial charge in [-0.1, -0.05) is 41.9 Å². The van der Waals surface area contributed by atoms with Crippen LogP contribution in [-0.4, -0.2) is 49.4 Å². The molecular formula is C21H20ClN3O2S. The lowest BCUT2D eigenvalue weighted by molar-refractivity contribution is -0.130. The molecule has 1 aromatic heterocycles. The maximum absolute atomic E-state index is 12.8. The molecular weight excluding hydrogens is 394 g/mol. The minimum absolute atomic E-state index is 0.0412. The largest absolute Gasteiger partial charge is 0.341 e. The van der Waals surface area contributed by atoms with Gasteiger partial charge in [-0.15, -0.1) is 0 Å². The Morgan fingerprint density at radius 1 is 1.04 bits per heavy atom. The number of para-hydroxylation sites is 1. The second-order valence-electron chi connectivity index (χ2n) is 6.70. The third-order valence-electron chi connectivity index (χ3n) is 4.80. The maximum atomic E-state index is 12.8. The van der Waals surface area contributed by atoms with Gasteiger partial charge in [-0.3, -0.25) is 9.00 Å². The molecule has 0 spiro atoms. The van der Waals surface area contributed by atoms with Gasteiger partial charge in [-0.2, -0.15) is 5.10 Å². The Bertz CT molecular complexity index is 992. The molecule has 1 amide bonds. The standard InChI is InChI=1S/C21H20ClN3O2S/c22-18-8-6-16(7-9-18)21-17(14-20(26)24-10-12-28(27)13-11-24)15-25(23-21)19-4-2-1-3-5-19/h1-9,15H,10-14H2. The van der Waals surface area contributed by atoms with Crippen LogP contribution in [0.2, 0.25) is 5.02 Å². The summed E-state index contributed by atoms with van der Waals surface area (Å²) in [5.74, 6) is 1.15. The minimum Gasteiger partial charge on any atom is -0.341 e. The lowest BCUT2D eigenvalue weighted by Gasteiger charge is -2.26. The molecule has 1 aliphatic rings. The number of hydrogen-bond donors (Lipinski definition) is 0. The topological polar surface area (TPSA) is 55.2 Å². The van der Waals surface area contributed by atoms with E-state index in [0.29, 0.717) is 29.6 Å². The fraction of sp³-hybridized carbons (Fsp3) is 0.238. The summed E-state index contributed by atoms with van der Waals surface area (Å²) in [6.07, 6.45) is 2.18. The summed E-state index contributed by atoms with van der Waals surface area (Å²) in [6.45, 7) is 1.10. The van der Waals surface area contributed by atoms with Crippen molar-refractivity contribution >= 4 is 28.3 Å². The van der Waals surface area contributed by atoms with Crippen LogP contribution in [0.1, 0.15) is 5.56 Å². The third-order valence-corrected chi connectivity index (χ3v) is 6.33. The van der Waals surface area contributed by atoms with Crippen LogP contribution in [0.15, 0.2) is 60.8 Å². The van der Waals surface area contributed by atoms with E-state index in [4.69, 9.17) is 16.7 Å². The monoisotopic (exact) mass is 413 g/mol. The first-order valence-electron chi connectivity index (χ1n) is 9.13. The van der Waals surface area contributed by atoms with Gasteiger partial charge in [0.25, 0.3) is 0 Å². The van der Waals surface area contributed by atoms with E-state index in [2.05, 4.69) is 0 Å². The second-order valence-corrected chi connectivity index (χ2v) is 8.83. The van der Waals surface area contributed by atoms with Crippen molar-refractivity contribution in [2.45, 2.75) is 6.42 Å². The summed E-state index contributed by atoms with van der Waals surface area (Å²) in [5.41, 5.74) is 3.49. The summed E-state index contributed by atoms with van der Waals surface area (Å²) < 4.78 is 13.4. The Labute approximate surface area is 171 Å². The van der Waals surface area contributed by atoms with Crippen molar-refractivity contribution in [2.75, 3.05) is 24.6 Å². The first-order chi connectivity index (χ1) is 13.6. The molecule has 1 aliphatic heterocycles. The molecule has 7 heteroatoms. The van der Waals surface area contributed by atoms with E-state index in [1.165, 1.54) is 0 Å². The van der Waals surface area contributed by atoms with Gasteiger partial charge in [0.1, 0.15) is 0 Å². The number of carbonyl (C=O) groups excluding carboxylic acids is 1. The number of halogens is 1. The first kappa shape index (κ1) is 18.9. The van der Waals surface area contributed by atoms with Gasteiger partial charge < -0.3 is 4.90 Å². The SMILES string of the molecule is O=C(Cc1cn(-c2ccccc2)nc1-c1ccc(Cl)cc1)N1CCS(=O)CC1. The van der Waals surface area contributed by atoms with Crippen molar-refractivity contribution in [1.82, 2.24) is 14.7 Å². The Kier molecular flexibility index (Phi) is 5.59. The number of amides is 1. The minimum atomic E-state index is -0.804. The van der Waals surface area contributed by atoms with E-state index >= 15 is 0 Å². The van der Waals surface area contributed by atoms with Crippen LogP contribution < -0.4 is 0 Å². The Hall–Kier alpha value is -2.44. The van der Waals surface area contributed by atoms with Crippen LogP contribution in [0, 0.1) is 0 Å². The molecule has 1 fully saturated rings. The Morgan fingerprint density at radius 3 is 2.39 bits per heavy atom. The molecule has 0 atom stereocenters. The molecule has 2 heterocycles. The number of aromatic nitrogens is 2. The molecule has 0 radical (unpaired) electrons. The van der Waals surface area contributed by atoms with E-state index in [-0.39, 0.29) is 12.3 Å². The predicted molar refractivity (Wildman–Crippen MR) is 112 cm³/mol. The average Bonchev–Trinajstić information content (AvgIpc) is 3.13. The van der Waals surface area contributed by atoms with Crippen molar-refractivity contribution in [3.8, 4) is 16.9 Å². The molecule has 4 rings (SSSR count). The molecule has 0 saturated carbocycles. The molecule has 1 saturated heterocycles. The Morgan fingerprint density at radius 2 is 1.71 bits per heavy atom.